The van der Waals surface area contributed by atoms with E-state index in [2.05, 4.69) is 19.9 Å². The molecule has 1 aliphatic heterocycles. The zero-order chi connectivity index (χ0) is 24.6. The van der Waals surface area contributed by atoms with Gasteiger partial charge in [-0.05, 0) is 76.0 Å². The minimum atomic E-state index is -1.45. The average molecular weight is 469 g/mol. The van der Waals surface area contributed by atoms with E-state index >= 15 is 0 Å². The number of carbonyl (C=O) groups excluding carboxylic acids is 1. The standard InChI is InChI=1S/C26H44O7/c1-15(2)12-20(27)31-14-19-21(28)22(29)23(30)24(32-19)33-25(4,5)17-9-11-26(6)10-7-8-16(3)18(26)13-17/h8,15,17-19,21-24,28-30H,7,9-14H2,1-6H3. The molecular weight excluding hydrogens is 424 g/mol. The molecule has 190 valence electrons. The summed E-state index contributed by atoms with van der Waals surface area (Å²) in [5.74, 6) is 0.545. The van der Waals surface area contributed by atoms with Gasteiger partial charge in [-0.2, -0.15) is 0 Å². The van der Waals surface area contributed by atoms with E-state index in [1.165, 1.54) is 12.0 Å². The van der Waals surface area contributed by atoms with Crippen LogP contribution in [0.5, 0.6) is 0 Å². The fourth-order valence-electron chi connectivity index (χ4n) is 5.92. The predicted octanol–water partition coefficient (Wildman–Crippen LogP) is 3.34. The molecule has 0 amide bonds. The largest absolute Gasteiger partial charge is 0.463 e. The third-order valence-corrected chi connectivity index (χ3v) is 8.21. The second-order valence-corrected chi connectivity index (χ2v) is 11.7. The molecule has 0 bridgehead atoms. The molecule has 33 heavy (non-hydrogen) atoms. The van der Waals surface area contributed by atoms with E-state index in [4.69, 9.17) is 14.2 Å². The van der Waals surface area contributed by atoms with E-state index < -0.39 is 36.3 Å². The number of aliphatic hydroxyl groups excluding tert-OH is 3. The van der Waals surface area contributed by atoms with E-state index in [1.807, 2.05) is 27.7 Å². The molecule has 3 rings (SSSR count). The van der Waals surface area contributed by atoms with Crippen LogP contribution in [0, 0.1) is 23.2 Å². The Balaban J connectivity index is 1.65. The minimum absolute atomic E-state index is 0.152. The molecule has 3 aliphatic rings. The number of esters is 1. The molecule has 0 radical (unpaired) electrons. The van der Waals surface area contributed by atoms with Crippen molar-refractivity contribution in [2.75, 3.05) is 6.61 Å². The molecular formula is C26H44O7. The molecule has 0 spiro atoms. The molecule has 7 heteroatoms. The Morgan fingerprint density at radius 2 is 1.91 bits per heavy atom. The Morgan fingerprint density at radius 3 is 2.58 bits per heavy atom. The summed E-state index contributed by atoms with van der Waals surface area (Å²) in [6.07, 6.45) is 1.83. The summed E-state index contributed by atoms with van der Waals surface area (Å²) in [6, 6.07) is 0. The van der Waals surface area contributed by atoms with Crippen LogP contribution in [0.15, 0.2) is 11.6 Å². The smallest absolute Gasteiger partial charge is 0.306 e. The van der Waals surface area contributed by atoms with Crippen molar-refractivity contribution in [2.24, 2.45) is 23.2 Å². The molecule has 0 aromatic rings. The van der Waals surface area contributed by atoms with Crippen molar-refractivity contribution in [3.05, 3.63) is 11.6 Å². The van der Waals surface area contributed by atoms with Gasteiger partial charge >= 0.3 is 5.97 Å². The van der Waals surface area contributed by atoms with Gasteiger partial charge in [0, 0.05) is 6.42 Å². The maximum Gasteiger partial charge on any atom is 0.306 e. The molecule has 1 saturated heterocycles. The Hall–Kier alpha value is -0.990. The van der Waals surface area contributed by atoms with Crippen LogP contribution in [0.2, 0.25) is 0 Å². The van der Waals surface area contributed by atoms with E-state index in [9.17, 15) is 20.1 Å². The fourth-order valence-corrected chi connectivity index (χ4v) is 5.92. The van der Waals surface area contributed by atoms with Gasteiger partial charge in [0.05, 0.1) is 5.60 Å². The van der Waals surface area contributed by atoms with Crippen LogP contribution in [-0.2, 0) is 19.0 Å². The van der Waals surface area contributed by atoms with Crippen LogP contribution >= 0.6 is 0 Å². The zero-order valence-electron chi connectivity index (χ0n) is 21.1. The number of fused-ring (bicyclic) bond motifs is 1. The number of rotatable bonds is 7. The number of hydrogen-bond acceptors (Lipinski definition) is 7. The number of aliphatic hydroxyl groups is 3. The van der Waals surface area contributed by atoms with Crippen molar-refractivity contribution in [3.63, 3.8) is 0 Å². The summed E-state index contributed by atoms with van der Waals surface area (Å²) in [7, 11) is 0. The van der Waals surface area contributed by atoms with E-state index in [0.717, 1.165) is 25.7 Å². The first kappa shape index (κ1) is 26.6. The van der Waals surface area contributed by atoms with Gasteiger partial charge in [0.15, 0.2) is 6.29 Å². The van der Waals surface area contributed by atoms with Gasteiger partial charge in [-0.3, -0.25) is 4.79 Å². The maximum absolute atomic E-state index is 11.9. The predicted molar refractivity (Wildman–Crippen MR) is 124 cm³/mol. The summed E-state index contributed by atoms with van der Waals surface area (Å²) >= 11 is 0. The average Bonchev–Trinajstić information content (AvgIpc) is 2.72. The SMILES string of the molecule is CC1=CCCC2(C)CCC(C(C)(C)OC3OC(COC(=O)CC(C)C)C(O)C(O)C3O)CC12. The van der Waals surface area contributed by atoms with Gasteiger partial charge in [-0.15, -0.1) is 0 Å². The lowest BCUT2D eigenvalue weighted by molar-refractivity contribution is -0.330. The van der Waals surface area contributed by atoms with Crippen molar-refractivity contribution >= 4 is 5.97 Å². The van der Waals surface area contributed by atoms with Crippen LogP contribution in [0.1, 0.15) is 80.1 Å². The molecule has 3 N–H and O–H groups in total. The summed E-state index contributed by atoms with van der Waals surface area (Å²) in [5.41, 5.74) is 1.18. The normalized spacial score (nSPS) is 39.7. The quantitative estimate of drug-likeness (QED) is 0.389. The highest BCUT2D eigenvalue weighted by Crippen LogP contribution is 2.54. The Labute approximate surface area is 198 Å². The first-order valence-electron chi connectivity index (χ1n) is 12.5. The Morgan fingerprint density at radius 1 is 1.21 bits per heavy atom. The van der Waals surface area contributed by atoms with Crippen molar-refractivity contribution in [1.29, 1.82) is 0 Å². The Bertz CT molecular complexity index is 717. The van der Waals surface area contributed by atoms with Crippen molar-refractivity contribution < 1.29 is 34.3 Å². The first-order valence-corrected chi connectivity index (χ1v) is 12.5. The van der Waals surface area contributed by atoms with Gasteiger partial charge in [-0.1, -0.05) is 32.4 Å². The van der Waals surface area contributed by atoms with Crippen LogP contribution in [-0.4, -0.2) is 64.2 Å². The summed E-state index contributed by atoms with van der Waals surface area (Å²) in [4.78, 5) is 11.9. The van der Waals surface area contributed by atoms with Gasteiger partial charge in [0.25, 0.3) is 0 Å². The van der Waals surface area contributed by atoms with Crippen LogP contribution < -0.4 is 0 Å². The number of carbonyl (C=O) groups is 1. The Kier molecular flexibility index (Phi) is 8.33. The molecule has 2 fully saturated rings. The van der Waals surface area contributed by atoms with Crippen molar-refractivity contribution in [1.82, 2.24) is 0 Å². The first-order chi connectivity index (χ1) is 15.3. The van der Waals surface area contributed by atoms with Gasteiger partial charge in [0.2, 0.25) is 0 Å². The number of ether oxygens (including phenoxy) is 3. The molecule has 2 aliphatic carbocycles. The van der Waals surface area contributed by atoms with Crippen molar-refractivity contribution in [2.45, 2.75) is 116 Å². The van der Waals surface area contributed by atoms with Crippen LogP contribution in [0.4, 0.5) is 0 Å². The molecule has 8 atom stereocenters. The van der Waals surface area contributed by atoms with Crippen molar-refractivity contribution in [3.8, 4) is 0 Å². The number of allylic oxidation sites excluding steroid dienone is 2. The monoisotopic (exact) mass is 468 g/mol. The highest BCUT2D eigenvalue weighted by Gasteiger charge is 2.50. The van der Waals surface area contributed by atoms with Gasteiger partial charge in [0.1, 0.15) is 31.0 Å². The van der Waals surface area contributed by atoms with Crippen LogP contribution in [0.3, 0.4) is 0 Å². The van der Waals surface area contributed by atoms with Gasteiger partial charge < -0.3 is 29.5 Å². The highest BCUT2D eigenvalue weighted by molar-refractivity contribution is 5.69. The topological polar surface area (TPSA) is 105 Å². The lowest BCUT2D eigenvalue weighted by atomic mass is 9.56. The summed E-state index contributed by atoms with van der Waals surface area (Å²) in [6.45, 7) is 12.3. The van der Waals surface area contributed by atoms with E-state index in [1.54, 1.807) is 0 Å². The van der Waals surface area contributed by atoms with E-state index in [0.29, 0.717) is 11.3 Å². The molecule has 0 aromatic heterocycles. The molecule has 8 unspecified atom stereocenters. The fraction of sp³-hybridized carbons (Fsp3) is 0.885. The van der Waals surface area contributed by atoms with Gasteiger partial charge in [-0.25, -0.2) is 0 Å². The van der Waals surface area contributed by atoms with Crippen LogP contribution in [0.25, 0.3) is 0 Å². The summed E-state index contributed by atoms with van der Waals surface area (Å²) in [5, 5.41) is 31.4. The second-order valence-electron chi connectivity index (χ2n) is 11.7. The third kappa shape index (κ3) is 5.99. The minimum Gasteiger partial charge on any atom is -0.463 e. The molecule has 0 aromatic carbocycles. The lowest BCUT2D eigenvalue weighted by Gasteiger charge is -2.52. The maximum atomic E-state index is 11.9. The zero-order valence-corrected chi connectivity index (χ0v) is 21.1. The molecule has 1 saturated carbocycles. The summed E-state index contributed by atoms with van der Waals surface area (Å²) < 4.78 is 17.4. The number of hydrogen-bond donors (Lipinski definition) is 3. The highest BCUT2D eigenvalue weighted by atomic mass is 16.7. The molecule has 1 heterocycles. The molecule has 7 nitrogen and oxygen atoms in total. The lowest BCUT2D eigenvalue weighted by Crippen LogP contribution is -2.61. The van der Waals surface area contributed by atoms with E-state index in [-0.39, 0.29) is 30.8 Å². The third-order valence-electron chi connectivity index (χ3n) is 8.21. The second kappa shape index (κ2) is 10.3.